The Morgan fingerprint density at radius 1 is 0.927 bits per heavy atom. The number of piperidine rings is 1. The van der Waals surface area contributed by atoms with Crippen LogP contribution < -0.4 is 29.2 Å². The van der Waals surface area contributed by atoms with E-state index in [1.165, 1.54) is 58.0 Å². The molecule has 1 saturated heterocycles. The van der Waals surface area contributed by atoms with Crippen molar-refractivity contribution in [1.82, 2.24) is 14.3 Å². The molecule has 2 aromatic heterocycles. The van der Waals surface area contributed by atoms with Crippen LogP contribution in [0.15, 0.2) is 65.8 Å². The van der Waals surface area contributed by atoms with Crippen molar-refractivity contribution in [2.24, 2.45) is 11.8 Å². The number of ether oxygens (including phenoxy) is 4. The molecule has 15 heteroatoms. The van der Waals surface area contributed by atoms with Gasteiger partial charge in [0.05, 0.1) is 34.0 Å². The molecule has 3 heterocycles. The van der Waals surface area contributed by atoms with Crippen LogP contribution in [-0.2, 0) is 36.0 Å². The first-order valence-corrected chi connectivity index (χ1v) is 19.5. The maximum atomic E-state index is 14.6. The van der Waals surface area contributed by atoms with Gasteiger partial charge in [-0.3, -0.25) is 4.79 Å². The molecule has 2 atom stereocenters. The summed E-state index contributed by atoms with van der Waals surface area (Å²) in [5, 5.41) is 2.54. The predicted octanol–water partition coefficient (Wildman–Crippen LogP) is 6.76. The number of nitrogens with zero attached hydrogens (tertiary/aromatic N) is 4. The Labute approximate surface area is 320 Å². The summed E-state index contributed by atoms with van der Waals surface area (Å²) in [6.45, 7) is 3.51. The minimum absolute atomic E-state index is 0.0417. The number of pyridine rings is 2. The summed E-state index contributed by atoms with van der Waals surface area (Å²) in [5.74, 6) is -1.60. The monoisotopic (exact) mass is 779 g/mol. The molecule has 2 unspecified atom stereocenters. The number of fused-ring (bicyclic) bond motifs is 1. The van der Waals surface area contributed by atoms with Gasteiger partial charge in [0, 0.05) is 85.4 Å². The number of hydrogen-bond acceptors (Lipinski definition) is 10. The van der Waals surface area contributed by atoms with E-state index in [0.29, 0.717) is 45.9 Å². The van der Waals surface area contributed by atoms with Gasteiger partial charge in [-0.1, -0.05) is 26.0 Å². The number of aromatic nitrogens is 2. The van der Waals surface area contributed by atoms with Crippen LogP contribution in [0.2, 0.25) is 0 Å². The molecule has 2 aromatic carbocycles. The lowest BCUT2D eigenvalue weighted by Crippen LogP contribution is -2.47. The summed E-state index contributed by atoms with van der Waals surface area (Å²) in [4.78, 5) is 25.0. The lowest BCUT2D eigenvalue weighted by atomic mass is 9.87. The standard InChI is InChI=1S/C40H47F2N5O7S/c1-25-7-8-27-18-33(38(45-34(27)17-25)46-16-14-40(41,42)26(2)22-46)39(48)44-30-13-15-43-37(19-30)55(49,50)47(23-28-9-11-31(51-3)20-35(28)53-5)24-29-10-12-32(52-4)21-36(29)54-6/h9-13,15,18-21,25-26H,7-8,14,16-17,22-24H2,1-6H3,(H,43,44,48). The van der Waals surface area contributed by atoms with Crippen molar-refractivity contribution in [2.45, 2.75) is 63.6 Å². The molecular weight excluding hydrogens is 733 g/mol. The van der Waals surface area contributed by atoms with E-state index in [1.54, 1.807) is 47.4 Å². The molecular formula is C40H47F2N5O7S. The topological polar surface area (TPSA) is 132 Å². The third-order valence-corrected chi connectivity index (χ3v) is 12.1. The number of amides is 1. The number of aryl methyl sites for hydroxylation is 1. The van der Waals surface area contributed by atoms with Gasteiger partial charge in [0.1, 0.15) is 28.8 Å². The summed E-state index contributed by atoms with van der Waals surface area (Å²) in [6.07, 6.45) is 3.37. The summed E-state index contributed by atoms with van der Waals surface area (Å²) in [7, 11) is 1.67. The van der Waals surface area contributed by atoms with Crippen molar-refractivity contribution >= 4 is 27.4 Å². The van der Waals surface area contributed by atoms with Gasteiger partial charge in [-0.05, 0) is 55.0 Å². The second-order valence-corrected chi connectivity index (χ2v) is 16.0. The molecule has 1 aliphatic carbocycles. The number of halogens is 2. The van der Waals surface area contributed by atoms with Crippen LogP contribution in [-0.4, -0.2) is 76.0 Å². The molecule has 1 aliphatic heterocycles. The summed E-state index contributed by atoms with van der Waals surface area (Å²) >= 11 is 0. The van der Waals surface area contributed by atoms with Gasteiger partial charge in [-0.15, -0.1) is 0 Å². The first-order chi connectivity index (χ1) is 26.3. The Morgan fingerprint density at radius 2 is 1.56 bits per heavy atom. The molecule has 6 rings (SSSR count). The molecule has 0 saturated carbocycles. The van der Waals surface area contributed by atoms with E-state index < -0.39 is 27.8 Å². The van der Waals surface area contributed by atoms with Crippen LogP contribution in [0.1, 0.15) is 59.4 Å². The number of methoxy groups -OCH3 is 4. The van der Waals surface area contributed by atoms with Crippen LogP contribution in [0.4, 0.5) is 20.3 Å². The Bertz CT molecular complexity index is 2090. The van der Waals surface area contributed by atoms with Gasteiger partial charge in [-0.2, -0.15) is 4.31 Å². The molecule has 1 amide bonds. The Morgan fingerprint density at radius 3 is 2.15 bits per heavy atom. The average Bonchev–Trinajstić information content (AvgIpc) is 3.18. The smallest absolute Gasteiger partial charge is 0.261 e. The molecule has 0 spiro atoms. The van der Waals surface area contributed by atoms with E-state index in [0.717, 1.165) is 30.5 Å². The summed E-state index contributed by atoms with van der Waals surface area (Å²) in [5.41, 5.74) is 3.37. The molecule has 55 heavy (non-hydrogen) atoms. The van der Waals surface area contributed by atoms with E-state index in [1.807, 2.05) is 0 Å². The van der Waals surface area contributed by atoms with Crippen molar-refractivity contribution in [1.29, 1.82) is 0 Å². The second-order valence-electron chi connectivity index (χ2n) is 14.1. The third-order valence-electron chi connectivity index (χ3n) is 10.4. The highest BCUT2D eigenvalue weighted by Crippen LogP contribution is 2.38. The number of alkyl halides is 2. The van der Waals surface area contributed by atoms with E-state index in [-0.39, 0.29) is 48.9 Å². The molecule has 0 bridgehead atoms. The highest BCUT2D eigenvalue weighted by atomic mass is 32.2. The number of rotatable bonds is 13. The van der Waals surface area contributed by atoms with Gasteiger partial charge in [-0.25, -0.2) is 27.2 Å². The van der Waals surface area contributed by atoms with Gasteiger partial charge in [0.25, 0.3) is 21.9 Å². The van der Waals surface area contributed by atoms with Crippen LogP contribution in [0.25, 0.3) is 0 Å². The van der Waals surface area contributed by atoms with Gasteiger partial charge in [0.2, 0.25) is 0 Å². The first kappa shape index (κ1) is 39.7. The molecule has 12 nitrogen and oxygen atoms in total. The SMILES string of the molecule is COc1ccc(CN(Cc2ccc(OC)cc2OC)S(=O)(=O)c2cc(NC(=O)c3cc4c(nc3N3CCC(F)(F)C(C)C3)CC(C)CC4)ccn2)c(OC)c1. The number of nitrogens with one attached hydrogen (secondary N) is 1. The van der Waals surface area contributed by atoms with E-state index in [2.05, 4.69) is 17.2 Å². The fraction of sp³-hybridized carbons (Fsp3) is 0.425. The Balaban J connectivity index is 1.34. The van der Waals surface area contributed by atoms with Gasteiger partial charge >= 0.3 is 0 Å². The molecule has 1 fully saturated rings. The number of sulfonamides is 1. The minimum Gasteiger partial charge on any atom is -0.497 e. The van der Waals surface area contributed by atoms with Gasteiger partial charge < -0.3 is 29.2 Å². The van der Waals surface area contributed by atoms with E-state index in [9.17, 15) is 22.0 Å². The molecule has 2 aliphatic rings. The highest BCUT2D eigenvalue weighted by molar-refractivity contribution is 7.89. The van der Waals surface area contributed by atoms with E-state index >= 15 is 0 Å². The average molecular weight is 780 g/mol. The highest BCUT2D eigenvalue weighted by Gasteiger charge is 2.42. The minimum atomic E-state index is -4.36. The number of anilines is 2. The second kappa shape index (κ2) is 16.4. The molecule has 1 N–H and O–H groups in total. The third kappa shape index (κ3) is 8.62. The number of carbonyl (C=O) groups is 1. The number of carbonyl (C=O) groups excluding carboxylic acids is 1. The fourth-order valence-corrected chi connectivity index (χ4v) is 8.38. The van der Waals surface area contributed by atoms with Crippen LogP contribution in [0.5, 0.6) is 23.0 Å². The van der Waals surface area contributed by atoms with E-state index in [4.69, 9.17) is 23.9 Å². The predicted molar refractivity (Wildman–Crippen MR) is 204 cm³/mol. The maximum Gasteiger partial charge on any atom is 0.261 e. The van der Waals surface area contributed by atoms with Gasteiger partial charge in [0.15, 0.2) is 5.03 Å². The first-order valence-electron chi connectivity index (χ1n) is 18.1. The zero-order chi connectivity index (χ0) is 39.5. The summed E-state index contributed by atoms with van der Waals surface area (Å²) < 4.78 is 81.3. The number of benzene rings is 2. The Kier molecular flexibility index (Phi) is 11.8. The van der Waals surface area contributed by atoms with Crippen molar-refractivity contribution in [2.75, 3.05) is 51.7 Å². The normalized spacial score (nSPS) is 18.0. The molecule has 294 valence electrons. The molecule has 0 radical (unpaired) electrons. The van der Waals surface area contributed by atoms with Crippen molar-refractivity contribution < 1.29 is 40.9 Å². The summed E-state index contributed by atoms with van der Waals surface area (Å²) in [6, 6.07) is 14.8. The quantitative estimate of drug-likeness (QED) is 0.155. The van der Waals surface area contributed by atoms with Crippen molar-refractivity contribution in [3.05, 3.63) is 88.7 Å². The van der Waals surface area contributed by atoms with Crippen LogP contribution >= 0.6 is 0 Å². The fourth-order valence-electron chi connectivity index (χ4n) is 7.03. The van der Waals surface area contributed by atoms with Crippen LogP contribution in [0.3, 0.4) is 0 Å². The van der Waals surface area contributed by atoms with Crippen molar-refractivity contribution in [3.8, 4) is 23.0 Å². The zero-order valence-electron chi connectivity index (χ0n) is 31.9. The van der Waals surface area contributed by atoms with Crippen LogP contribution in [0, 0.1) is 11.8 Å². The maximum absolute atomic E-state index is 14.6. The number of hydrogen-bond donors (Lipinski definition) is 1. The van der Waals surface area contributed by atoms with Crippen molar-refractivity contribution in [3.63, 3.8) is 0 Å². The zero-order valence-corrected chi connectivity index (χ0v) is 32.7. The molecule has 4 aromatic rings. The Hall–Kier alpha value is -5.02. The lowest BCUT2D eigenvalue weighted by molar-refractivity contribution is -0.0652. The lowest BCUT2D eigenvalue weighted by Gasteiger charge is -2.38. The largest absolute Gasteiger partial charge is 0.497 e.